The van der Waals surface area contributed by atoms with E-state index < -0.39 is 12.3 Å². The van der Waals surface area contributed by atoms with E-state index in [0.717, 1.165) is 0 Å². The number of rotatable bonds is 7. The lowest BCUT2D eigenvalue weighted by atomic mass is 9.94. The summed E-state index contributed by atoms with van der Waals surface area (Å²) in [4.78, 5) is 14.5. The summed E-state index contributed by atoms with van der Waals surface area (Å²) in [5.41, 5.74) is 2.90. The fraction of sp³-hybridized carbons (Fsp3) is 0.240. The molecule has 1 aliphatic rings. The van der Waals surface area contributed by atoms with E-state index in [1.165, 1.54) is 35.4 Å². The summed E-state index contributed by atoms with van der Waals surface area (Å²) in [5.74, 6) is -0.729. The molecule has 1 heterocycles. The molecule has 0 N–H and O–H groups in total. The first kappa shape index (κ1) is 21.9. The van der Waals surface area contributed by atoms with E-state index in [2.05, 4.69) is 33.9 Å². The molecule has 0 saturated carbocycles. The van der Waals surface area contributed by atoms with Gasteiger partial charge >= 0.3 is 12.3 Å². The summed E-state index contributed by atoms with van der Waals surface area (Å²) in [7, 11) is 0. The molecule has 3 aromatic rings. The number of ether oxygens (including phenoxy) is 2. The molecule has 0 spiro atoms. The van der Waals surface area contributed by atoms with Crippen LogP contribution in [0.5, 0.6) is 5.75 Å². The van der Waals surface area contributed by atoms with Crippen LogP contribution in [0.15, 0.2) is 84.9 Å². The van der Waals surface area contributed by atoms with E-state index in [0.29, 0.717) is 18.7 Å². The van der Waals surface area contributed by atoms with Crippen molar-refractivity contribution in [1.29, 1.82) is 0 Å². The fourth-order valence-corrected chi connectivity index (χ4v) is 3.84. The number of alkyl halides is 3. The lowest BCUT2D eigenvalue weighted by Crippen LogP contribution is -2.54. The first-order valence-corrected chi connectivity index (χ1v) is 10.3. The second-order valence-corrected chi connectivity index (χ2v) is 7.66. The Bertz CT molecular complexity index is 978. The number of halogens is 3. The smallest absolute Gasteiger partial charge is 0.459 e. The van der Waals surface area contributed by atoms with Gasteiger partial charge in [-0.25, -0.2) is 0 Å². The van der Waals surface area contributed by atoms with Gasteiger partial charge in [-0.15, -0.1) is 13.2 Å². The summed E-state index contributed by atoms with van der Waals surface area (Å²) in [6.07, 6.45) is -4.97. The van der Waals surface area contributed by atoms with Gasteiger partial charge in [-0.1, -0.05) is 72.8 Å². The Hall–Kier alpha value is -3.32. The van der Waals surface area contributed by atoms with Gasteiger partial charge in [-0.05, 0) is 28.8 Å². The van der Waals surface area contributed by atoms with Gasteiger partial charge in [-0.2, -0.15) is 0 Å². The largest absolute Gasteiger partial charge is 0.573 e. The molecular weight excluding hydrogens is 419 g/mol. The number of carbonyl (C=O) groups is 1. The van der Waals surface area contributed by atoms with E-state index in [9.17, 15) is 18.0 Å². The fourth-order valence-electron chi connectivity index (χ4n) is 3.84. The molecule has 0 aromatic heterocycles. The quantitative estimate of drug-likeness (QED) is 0.476. The van der Waals surface area contributed by atoms with Crippen molar-refractivity contribution in [2.45, 2.75) is 24.9 Å². The average molecular weight is 441 g/mol. The Morgan fingerprint density at radius 2 is 1.41 bits per heavy atom. The number of hydrogen-bond donors (Lipinski definition) is 0. The molecular formula is C25H22F3NO3. The van der Waals surface area contributed by atoms with Crippen molar-refractivity contribution in [2.24, 2.45) is 0 Å². The van der Waals surface area contributed by atoms with Gasteiger partial charge in [0.25, 0.3) is 0 Å². The van der Waals surface area contributed by atoms with Crippen LogP contribution in [-0.4, -0.2) is 36.4 Å². The SMILES string of the molecule is O=C(Cc1ccc(OC(F)(F)F)cc1)OC1CN(C(c2ccccc2)c2ccccc2)C1. The van der Waals surface area contributed by atoms with Crippen molar-refractivity contribution >= 4 is 5.97 Å². The van der Waals surface area contributed by atoms with Crippen molar-refractivity contribution in [1.82, 2.24) is 4.90 Å². The standard InChI is InChI=1S/C25H22F3NO3/c26-25(27,28)32-21-13-11-18(12-14-21)15-23(30)31-22-16-29(17-22)24(19-7-3-1-4-8-19)20-9-5-2-6-10-20/h1-14,22,24H,15-17H2. The lowest BCUT2D eigenvalue weighted by Gasteiger charge is -2.44. The number of nitrogens with zero attached hydrogens (tertiary/aromatic N) is 1. The number of carbonyl (C=O) groups excluding carboxylic acids is 1. The number of hydrogen-bond acceptors (Lipinski definition) is 4. The topological polar surface area (TPSA) is 38.8 Å². The molecule has 166 valence electrons. The molecule has 1 saturated heterocycles. The molecule has 0 aliphatic carbocycles. The lowest BCUT2D eigenvalue weighted by molar-refractivity contribution is -0.274. The first-order chi connectivity index (χ1) is 15.4. The maximum absolute atomic E-state index is 12.3. The molecule has 0 radical (unpaired) electrons. The van der Waals surface area contributed by atoms with Gasteiger partial charge in [0.2, 0.25) is 0 Å². The zero-order chi connectivity index (χ0) is 22.6. The summed E-state index contributed by atoms with van der Waals surface area (Å²) < 4.78 is 46.1. The van der Waals surface area contributed by atoms with Crippen LogP contribution in [0.1, 0.15) is 22.7 Å². The zero-order valence-corrected chi connectivity index (χ0v) is 17.2. The van der Waals surface area contributed by atoms with E-state index in [1.54, 1.807) is 0 Å². The third kappa shape index (κ3) is 5.68. The van der Waals surface area contributed by atoms with Crippen LogP contribution in [0.4, 0.5) is 13.2 Å². The first-order valence-electron chi connectivity index (χ1n) is 10.3. The summed E-state index contributed by atoms with van der Waals surface area (Å²) in [5, 5.41) is 0. The van der Waals surface area contributed by atoms with Crippen LogP contribution in [0.3, 0.4) is 0 Å². The van der Waals surface area contributed by atoms with Crippen molar-refractivity contribution < 1.29 is 27.4 Å². The van der Waals surface area contributed by atoms with Gasteiger partial charge in [0.05, 0.1) is 12.5 Å². The zero-order valence-electron chi connectivity index (χ0n) is 17.2. The highest BCUT2D eigenvalue weighted by molar-refractivity contribution is 5.73. The minimum absolute atomic E-state index is 0.0103. The molecule has 32 heavy (non-hydrogen) atoms. The van der Waals surface area contributed by atoms with Crippen LogP contribution >= 0.6 is 0 Å². The number of benzene rings is 3. The third-order valence-corrected chi connectivity index (χ3v) is 5.28. The minimum atomic E-state index is -4.74. The third-order valence-electron chi connectivity index (χ3n) is 5.28. The van der Waals surface area contributed by atoms with Crippen molar-refractivity contribution in [3.63, 3.8) is 0 Å². The second kappa shape index (κ2) is 9.44. The molecule has 0 bridgehead atoms. The van der Waals surface area contributed by atoms with Gasteiger partial charge in [0.1, 0.15) is 11.9 Å². The average Bonchev–Trinajstić information content (AvgIpc) is 2.74. The number of esters is 1. The van der Waals surface area contributed by atoms with Crippen LogP contribution in [0.25, 0.3) is 0 Å². The van der Waals surface area contributed by atoms with Crippen LogP contribution in [0.2, 0.25) is 0 Å². The predicted octanol–water partition coefficient (Wildman–Crippen LogP) is 5.14. The Morgan fingerprint density at radius 1 is 0.875 bits per heavy atom. The molecule has 3 aromatic carbocycles. The van der Waals surface area contributed by atoms with Gasteiger partial charge in [-0.3, -0.25) is 9.69 Å². The van der Waals surface area contributed by atoms with Crippen molar-refractivity contribution in [3.05, 3.63) is 102 Å². The van der Waals surface area contributed by atoms with Gasteiger partial charge in [0, 0.05) is 13.1 Å². The molecule has 4 rings (SSSR count). The monoisotopic (exact) mass is 441 g/mol. The van der Waals surface area contributed by atoms with E-state index in [-0.39, 0.29) is 24.3 Å². The second-order valence-electron chi connectivity index (χ2n) is 7.66. The maximum atomic E-state index is 12.3. The van der Waals surface area contributed by atoms with Crippen LogP contribution in [0, 0.1) is 0 Å². The molecule has 4 nitrogen and oxygen atoms in total. The summed E-state index contributed by atoms with van der Waals surface area (Å²) in [6.45, 7) is 1.22. The van der Waals surface area contributed by atoms with Crippen LogP contribution in [-0.2, 0) is 16.0 Å². The van der Waals surface area contributed by atoms with Gasteiger partial charge < -0.3 is 9.47 Å². The van der Waals surface area contributed by atoms with E-state index in [4.69, 9.17) is 4.74 Å². The highest BCUT2D eigenvalue weighted by Crippen LogP contribution is 2.33. The maximum Gasteiger partial charge on any atom is 0.573 e. The molecule has 7 heteroatoms. The summed E-state index contributed by atoms with van der Waals surface area (Å²) >= 11 is 0. The normalized spacial score (nSPS) is 14.8. The Kier molecular flexibility index (Phi) is 6.46. The molecule has 0 unspecified atom stereocenters. The highest BCUT2D eigenvalue weighted by Gasteiger charge is 2.36. The van der Waals surface area contributed by atoms with E-state index >= 15 is 0 Å². The molecule has 0 amide bonds. The number of likely N-dealkylation sites (tertiary alicyclic amines) is 1. The summed E-state index contributed by atoms with van der Waals surface area (Å²) in [6, 6.07) is 25.6. The molecule has 1 fully saturated rings. The minimum Gasteiger partial charge on any atom is -0.459 e. The molecule has 0 atom stereocenters. The van der Waals surface area contributed by atoms with Gasteiger partial charge in [0.15, 0.2) is 0 Å². The highest BCUT2D eigenvalue weighted by atomic mass is 19.4. The van der Waals surface area contributed by atoms with Crippen molar-refractivity contribution in [2.75, 3.05) is 13.1 Å². The van der Waals surface area contributed by atoms with E-state index in [1.807, 2.05) is 36.4 Å². The van der Waals surface area contributed by atoms with Crippen LogP contribution < -0.4 is 4.74 Å². The predicted molar refractivity (Wildman–Crippen MR) is 113 cm³/mol. The Labute approximate surface area is 184 Å². The Morgan fingerprint density at radius 3 is 1.91 bits per heavy atom. The molecule has 1 aliphatic heterocycles. The Balaban J connectivity index is 1.32. The van der Waals surface area contributed by atoms with Crippen molar-refractivity contribution in [3.8, 4) is 5.75 Å².